The Hall–Kier alpha value is -0.610. The van der Waals surface area contributed by atoms with E-state index in [1.165, 1.54) is 0 Å². The zero-order valence-corrected chi connectivity index (χ0v) is 8.49. The van der Waals surface area contributed by atoms with Gasteiger partial charge in [0.1, 0.15) is 0 Å². The van der Waals surface area contributed by atoms with Gasteiger partial charge in [0, 0.05) is 32.7 Å². The molecule has 0 aliphatic carbocycles. The fraction of sp³-hybridized carbons (Fsp3) is 0.889. The topological polar surface area (TPSA) is 49.6 Å². The number of rotatable bonds is 2. The van der Waals surface area contributed by atoms with Crippen LogP contribution in [-0.4, -0.2) is 55.0 Å². The molecule has 1 amide bonds. The number of likely N-dealkylation sites (N-methyl/N-ethyl adjacent to an activating group) is 1. The van der Waals surface area contributed by atoms with Gasteiger partial charge in [0.2, 0.25) is 5.91 Å². The van der Waals surface area contributed by atoms with Crippen LogP contribution < -0.4 is 5.73 Å². The van der Waals surface area contributed by atoms with E-state index in [9.17, 15) is 4.79 Å². The first-order valence-electron chi connectivity index (χ1n) is 4.81. The minimum atomic E-state index is 0.149. The van der Waals surface area contributed by atoms with Crippen molar-refractivity contribution in [1.82, 2.24) is 9.80 Å². The number of amides is 1. The highest BCUT2D eigenvalue weighted by Gasteiger charge is 2.18. The van der Waals surface area contributed by atoms with Gasteiger partial charge in [0.05, 0.1) is 6.54 Å². The summed E-state index contributed by atoms with van der Waals surface area (Å²) in [4.78, 5) is 15.4. The van der Waals surface area contributed by atoms with E-state index in [0.717, 1.165) is 26.1 Å². The number of carbonyl (C=O) groups is 1. The molecule has 1 atom stereocenters. The van der Waals surface area contributed by atoms with Gasteiger partial charge in [-0.05, 0) is 13.3 Å². The van der Waals surface area contributed by atoms with Crippen LogP contribution in [-0.2, 0) is 4.79 Å². The van der Waals surface area contributed by atoms with Crippen LogP contribution in [0.5, 0.6) is 0 Å². The number of nitrogens with two attached hydrogens (primary N) is 1. The molecule has 1 heterocycles. The minimum Gasteiger partial charge on any atom is -0.345 e. The summed E-state index contributed by atoms with van der Waals surface area (Å²) in [5, 5.41) is 0. The third-order valence-electron chi connectivity index (χ3n) is 2.30. The summed E-state index contributed by atoms with van der Waals surface area (Å²) < 4.78 is 0. The molecule has 0 bridgehead atoms. The SMILES string of the molecule is CC(N)CN1CCCN(C)C(=O)C1. The molecular weight excluding hydrogens is 166 g/mol. The van der Waals surface area contributed by atoms with E-state index in [4.69, 9.17) is 5.73 Å². The van der Waals surface area contributed by atoms with Crippen molar-refractivity contribution in [1.29, 1.82) is 0 Å². The van der Waals surface area contributed by atoms with Crippen molar-refractivity contribution in [2.24, 2.45) is 5.73 Å². The Morgan fingerprint density at radius 2 is 2.23 bits per heavy atom. The van der Waals surface area contributed by atoms with Crippen molar-refractivity contribution in [2.75, 3.05) is 33.2 Å². The van der Waals surface area contributed by atoms with Gasteiger partial charge in [-0.1, -0.05) is 0 Å². The van der Waals surface area contributed by atoms with E-state index in [1.807, 2.05) is 14.0 Å². The van der Waals surface area contributed by atoms with Crippen LogP contribution in [0.2, 0.25) is 0 Å². The molecule has 1 unspecified atom stereocenters. The molecule has 4 nitrogen and oxygen atoms in total. The summed E-state index contributed by atoms with van der Waals surface area (Å²) in [6.07, 6.45) is 1.05. The van der Waals surface area contributed by atoms with Gasteiger partial charge in [0.15, 0.2) is 0 Å². The quantitative estimate of drug-likeness (QED) is 0.631. The smallest absolute Gasteiger partial charge is 0.236 e. The van der Waals surface area contributed by atoms with Gasteiger partial charge >= 0.3 is 0 Å². The lowest BCUT2D eigenvalue weighted by Crippen LogP contribution is -2.40. The van der Waals surface area contributed by atoms with Crippen molar-refractivity contribution < 1.29 is 4.79 Å². The van der Waals surface area contributed by atoms with Gasteiger partial charge in [-0.15, -0.1) is 0 Å². The lowest BCUT2D eigenvalue weighted by atomic mass is 10.3. The predicted octanol–water partition coefficient (Wildman–Crippen LogP) is -0.502. The van der Waals surface area contributed by atoms with Gasteiger partial charge in [-0.3, -0.25) is 9.69 Å². The van der Waals surface area contributed by atoms with Gasteiger partial charge < -0.3 is 10.6 Å². The summed E-state index contributed by atoms with van der Waals surface area (Å²) in [5.41, 5.74) is 5.69. The first kappa shape index (κ1) is 10.5. The molecule has 0 aromatic rings. The minimum absolute atomic E-state index is 0.149. The molecule has 0 aromatic carbocycles. The summed E-state index contributed by atoms with van der Waals surface area (Å²) >= 11 is 0. The molecule has 1 rings (SSSR count). The lowest BCUT2D eigenvalue weighted by Gasteiger charge is -2.20. The average molecular weight is 185 g/mol. The molecule has 0 spiro atoms. The van der Waals surface area contributed by atoms with Crippen molar-refractivity contribution in [3.05, 3.63) is 0 Å². The summed E-state index contributed by atoms with van der Waals surface area (Å²) in [5.74, 6) is 0.207. The van der Waals surface area contributed by atoms with Crippen LogP contribution in [0.4, 0.5) is 0 Å². The zero-order valence-electron chi connectivity index (χ0n) is 8.49. The number of hydrogen-bond donors (Lipinski definition) is 1. The Morgan fingerprint density at radius 3 is 2.85 bits per heavy atom. The largest absolute Gasteiger partial charge is 0.345 e. The van der Waals surface area contributed by atoms with E-state index < -0.39 is 0 Å². The van der Waals surface area contributed by atoms with E-state index in [1.54, 1.807) is 4.90 Å². The molecule has 0 aromatic heterocycles. The van der Waals surface area contributed by atoms with Crippen LogP contribution in [0, 0.1) is 0 Å². The molecule has 13 heavy (non-hydrogen) atoms. The highest BCUT2D eigenvalue weighted by atomic mass is 16.2. The van der Waals surface area contributed by atoms with E-state index in [2.05, 4.69) is 4.90 Å². The zero-order chi connectivity index (χ0) is 9.84. The molecule has 1 aliphatic heterocycles. The van der Waals surface area contributed by atoms with Gasteiger partial charge in [-0.25, -0.2) is 0 Å². The van der Waals surface area contributed by atoms with E-state index >= 15 is 0 Å². The Kier molecular flexibility index (Phi) is 3.69. The lowest BCUT2D eigenvalue weighted by molar-refractivity contribution is -0.129. The van der Waals surface area contributed by atoms with Crippen LogP contribution in [0.3, 0.4) is 0 Å². The van der Waals surface area contributed by atoms with Crippen LogP contribution in [0.15, 0.2) is 0 Å². The molecule has 1 fully saturated rings. The van der Waals surface area contributed by atoms with Crippen molar-refractivity contribution in [2.45, 2.75) is 19.4 Å². The molecule has 0 saturated carbocycles. The monoisotopic (exact) mass is 185 g/mol. The molecular formula is C9H19N3O. The average Bonchev–Trinajstić information content (AvgIpc) is 2.14. The van der Waals surface area contributed by atoms with Crippen LogP contribution in [0.1, 0.15) is 13.3 Å². The number of hydrogen-bond acceptors (Lipinski definition) is 3. The third kappa shape index (κ3) is 3.32. The highest BCUT2D eigenvalue weighted by Crippen LogP contribution is 2.02. The predicted molar refractivity (Wildman–Crippen MR) is 52.3 cm³/mol. The second kappa shape index (κ2) is 4.58. The number of nitrogens with zero attached hydrogens (tertiary/aromatic N) is 2. The first-order chi connectivity index (χ1) is 6.09. The van der Waals surface area contributed by atoms with Crippen molar-refractivity contribution >= 4 is 5.91 Å². The maximum Gasteiger partial charge on any atom is 0.236 e. The normalized spacial score (nSPS) is 23.0. The Labute approximate surface area is 79.7 Å². The van der Waals surface area contributed by atoms with Crippen molar-refractivity contribution in [3.63, 3.8) is 0 Å². The molecule has 0 radical (unpaired) electrons. The summed E-state index contributed by atoms with van der Waals surface area (Å²) in [7, 11) is 1.86. The molecule has 76 valence electrons. The maximum absolute atomic E-state index is 11.4. The van der Waals surface area contributed by atoms with Crippen LogP contribution >= 0.6 is 0 Å². The number of carbonyl (C=O) groups excluding carboxylic acids is 1. The van der Waals surface area contributed by atoms with Crippen LogP contribution in [0.25, 0.3) is 0 Å². The molecule has 2 N–H and O–H groups in total. The second-order valence-corrected chi connectivity index (χ2v) is 3.88. The van der Waals surface area contributed by atoms with Gasteiger partial charge in [-0.2, -0.15) is 0 Å². The molecule has 1 aliphatic rings. The van der Waals surface area contributed by atoms with E-state index in [0.29, 0.717) is 6.54 Å². The summed E-state index contributed by atoms with van der Waals surface area (Å²) in [6, 6.07) is 0.149. The Bertz CT molecular complexity index is 182. The standard InChI is InChI=1S/C9H19N3O/c1-8(10)6-12-5-3-4-11(2)9(13)7-12/h8H,3-7,10H2,1-2H3. The first-order valence-corrected chi connectivity index (χ1v) is 4.81. The van der Waals surface area contributed by atoms with Crippen molar-refractivity contribution in [3.8, 4) is 0 Å². The molecule has 1 saturated heterocycles. The Morgan fingerprint density at radius 1 is 1.54 bits per heavy atom. The Balaban J connectivity index is 2.44. The maximum atomic E-state index is 11.4. The fourth-order valence-electron chi connectivity index (χ4n) is 1.61. The summed E-state index contributed by atoms with van der Waals surface area (Å²) in [6.45, 7) is 5.17. The molecule has 4 heteroatoms. The van der Waals surface area contributed by atoms with E-state index in [-0.39, 0.29) is 11.9 Å². The third-order valence-corrected chi connectivity index (χ3v) is 2.30. The highest BCUT2D eigenvalue weighted by molar-refractivity contribution is 5.78. The fourth-order valence-corrected chi connectivity index (χ4v) is 1.61. The second-order valence-electron chi connectivity index (χ2n) is 3.88. The van der Waals surface area contributed by atoms with Gasteiger partial charge in [0.25, 0.3) is 0 Å².